The highest BCUT2D eigenvalue weighted by atomic mass is 32.2. The fraction of sp³-hybridized carbons (Fsp3) is 0.471. The van der Waals surface area contributed by atoms with Crippen molar-refractivity contribution in [2.75, 3.05) is 32.9 Å². The summed E-state index contributed by atoms with van der Waals surface area (Å²) in [5.41, 5.74) is 1.38. The highest BCUT2D eigenvalue weighted by molar-refractivity contribution is 7.97. The molecular weight excluding hydrogens is 280 g/mol. The Morgan fingerprint density at radius 1 is 1.33 bits per heavy atom. The molecular formula is C17H26N2OS. The number of rotatable bonds is 5. The second-order valence-corrected chi connectivity index (χ2v) is 8.65. The lowest BCUT2D eigenvalue weighted by Gasteiger charge is -2.44. The van der Waals surface area contributed by atoms with Crippen LogP contribution in [0.3, 0.4) is 0 Å². The summed E-state index contributed by atoms with van der Waals surface area (Å²) in [7, 11) is -0.251. The predicted octanol–water partition coefficient (Wildman–Crippen LogP) is 2.36. The van der Waals surface area contributed by atoms with E-state index >= 15 is 0 Å². The summed E-state index contributed by atoms with van der Waals surface area (Å²) >= 11 is 0. The Hall–Kier alpha value is -1.26. The number of hydrogen-bond donors (Lipinski definition) is 0. The third-order valence-corrected chi connectivity index (χ3v) is 6.03. The molecule has 4 heteroatoms. The highest BCUT2D eigenvalue weighted by Gasteiger charge is 2.37. The number of nitrogens with zero attached hydrogens (tertiary/aromatic N) is 2. The SMILES string of the molecule is C=CN1CCC(CN(C)S(=C)(C)=O)(c2ccccc2)CC1. The number of piperidine rings is 1. The quantitative estimate of drug-likeness (QED) is 0.780. The molecule has 0 aromatic heterocycles. The Balaban J connectivity index is 2.30. The molecule has 116 valence electrons. The van der Waals surface area contributed by atoms with E-state index in [9.17, 15) is 4.21 Å². The molecule has 3 nitrogen and oxygen atoms in total. The van der Waals surface area contributed by atoms with Gasteiger partial charge >= 0.3 is 0 Å². The van der Waals surface area contributed by atoms with Gasteiger partial charge in [-0.25, -0.2) is 4.31 Å². The second kappa shape index (κ2) is 6.24. The Labute approximate surface area is 129 Å². The standard InChI is InChI=1S/C17H26N2OS/c1-5-19-13-11-17(12-14-19,15-18(2)21(3,4)20)16-9-7-6-8-10-16/h5-10H,1,3,11-15H2,2,4H3. The van der Waals surface area contributed by atoms with Crippen molar-refractivity contribution in [2.45, 2.75) is 18.3 Å². The Bertz CT molecular complexity index is 572. The molecule has 1 fully saturated rings. The van der Waals surface area contributed by atoms with Crippen LogP contribution in [0.25, 0.3) is 0 Å². The minimum absolute atomic E-state index is 0.0475. The molecule has 1 aliphatic heterocycles. The van der Waals surface area contributed by atoms with Crippen LogP contribution in [0.15, 0.2) is 43.1 Å². The Morgan fingerprint density at radius 3 is 2.38 bits per heavy atom. The number of benzene rings is 1. The average molecular weight is 306 g/mol. The summed E-state index contributed by atoms with van der Waals surface area (Å²) in [5.74, 6) is 3.82. The molecule has 1 atom stereocenters. The monoisotopic (exact) mass is 306 g/mol. The number of likely N-dealkylation sites (N-methyl/N-ethyl adjacent to an activating group) is 1. The van der Waals surface area contributed by atoms with Crippen molar-refractivity contribution in [3.63, 3.8) is 0 Å². The van der Waals surface area contributed by atoms with Gasteiger partial charge in [0, 0.05) is 41.0 Å². The van der Waals surface area contributed by atoms with E-state index in [-0.39, 0.29) is 5.41 Å². The van der Waals surface area contributed by atoms with Crippen molar-refractivity contribution < 1.29 is 4.21 Å². The van der Waals surface area contributed by atoms with E-state index in [1.165, 1.54) is 5.56 Å². The largest absolute Gasteiger partial charge is 0.378 e. The molecule has 1 heterocycles. The second-order valence-electron chi connectivity index (χ2n) is 6.11. The van der Waals surface area contributed by atoms with E-state index in [2.05, 4.69) is 41.6 Å². The molecule has 1 saturated heterocycles. The Morgan fingerprint density at radius 2 is 1.90 bits per heavy atom. The van der Waals surface area contributed by atoms with Crippen LogP contribution in [0.1, 0.15) is 18.4 Å². The van der Waals surface area contributed by atoms with Gasteiger partial charge < -0.3 is 4.90 Å². The minimum Gasteiger partial charge on any atom is -0.378 e. The summed E-state index contributed by atoms with van der Waals surface area (Å²) in [6.45, 7) is 6.63. The van der Waals surface area contributed by atoms with Crippen molar-refractivity contribution in [3.05, 3.63) is 48.7 Å². The smallest absolute Gasteiger partial charge is 0.0242 e. The lowest BCUT2D eigenvalue weighted by molar-refractivity contribution is 0.185. The third kappa shape index (κ3) is 3.69. The zero-order chi connectivity index (χ0) is 15.5. The molecule has 0 radical (unpaired) electrons. The van der Waals surface area contributed by atoms with Gasteiger partial charge in [0.15, 0.2) is 0 Å². The topological polar surface area (TPSA) is 23.6 Å². The molecule has 1 unspecified atom stereocenters. The van der Waals surface area contributed by atoms with Crippen LogP contribution in [0.2, 0.25) is 0 Å². The van der Waals surface area contributed by atoms with E-state index in [0.717, 1.165) is 32.5 Å². The predicted molar refractivity (Wildman–Crippen MR) is 92.9 cm³/mol. The van der Waals surface area contributed by atoms with Crippen LogP contribution in [-0.4, -0.2) is 52.2 Å². The lowest BCUT2D eigenvalue weighted by Crippen LogP contribution is -2.48. The summed E-state index contributed by atoms with van der Waals surface area (Å²) in [4.78, 5) is 2.26. The first kappa shape index (κ1) is 16.1. The number of hydrogen-bond acceptors (Lipinski definition) is 2. The fourth-order valence-electron chi connectivity index (χ4n) is 3.03. The average Bonchev–Trinajstić information content (AvgIpc) is 2.48. The van der Waals surface area contributed by atoms with E-state index in [0.29, 0.717) is 0 Å². The molecule has 0 bridgehead atoms. The van der Waals surface area contributed by atoms with Gasteiger partial charge in [-0.1, -0.05) is 36.9 Å². The third-order valence-electron chi connectivity index (χ3n) is 4.58. The molecule has 0 saturated carbocycles. The molecule has 0 aliphatic carbocycles. The van der Waals surface area contributed by atoms with Gasteiger partial charge in [-0.3, -0.25) is 4.21 Å². The maximum absolute atomic E-state index is 12.2. The molecule has 0 spiro atoms. The highest BCUT2D eigenvalue weighted by Crippen LogP contribution is 2.36. The summed E-state index contributed by atoms with van der Waals surface area (Å²) < 4.78 is 14.2. The molecule has 2 rings (SSSR count). The summed E-state index contributed by atoms with van der Waals surface area (Å²) in [6, 6.07) is 10.6. The van der Waals surface area contributed by atoms with E-state index in [4.69, 9.17) is 0 Å². The van der Waals surface area contributed by atoms with Crippen LogP contribution in [-0.2, 0) is 15.1 Å². The van der Waals surface area contributed by atoms with Crippen molar-refractivity contribution in [3.8, 4) is 0 Å². The molecule has 0 amide bonds. The van der Waals surface area contributed by atoms with E-state index in [1.807, 2.05) is 23.6 Å². The van der Waals surface area contributed by atoms with Crippen LogP contribution in [0.5, 0.6) is 0 Å². The van der Waals surface area contributed by atoms with Gasteiger partial charge in [0.25, 0.3) is 0 Å². The maximum Gasteiger partial charge on any atom is 0.0242 e. The van der Waals surface area contributed by atoms with Crippen LogP contribution >= 0.6 is 0 Å². The Kier molecular flexibility index (Phi) is 4.79. The van der Waals surface area contributed by atoms with Crippen LogP contribution < -0.4 is 0 Å². The number of likely N-dealkylation sites (tertiary alicyclic amines) is 1. The zero-order valence-electron chi connectivity index (χ0n) is 13.1. The van der Waals surface area contributed by atoms with Crippen molar-refractivity contribution in [2.24, 2.45) is 0 Å². The first-order chi connectivity index (χ1) is 9.87. The summed E-state index contributed by atoms with van der Waals surface area (Å²) in [6.07, 6.45) is 5.72. The molecule has 21 heavy (non-hydrogen) atoms. The van der Waals surface area contributed by atoms with Crippen LogP contribution in [0, 0.1) is 0 Å². The normalized spacial score (nSPS) is 21.0. The van der Waals surface area contributed by atoms with Gasteiger partial charge in [0.2, 0.25) is 0 Å². The fourth-order valence-corrected chi connectivity index (χ4v) is 3.55. The van der Waals surface area contributed by atoms with Gasteiger partial charge in [-0.05, 0) is 37.5 Å². The first-order valence-electron chi connectivity index (χ1n) is 7.33. The van der Waals surface area contributed by atoms with Crippen LogP contribution in [0.4, 0.5) is 0 Å². The maximum atomic E-state index is 12.2. The van der Waals surface area contributed by atoms with Crippen molar-refractivity contribution in [1.82, 2.24) is 9.21 Å². The van der Waals surface area contributed by atoms with E-state index < -0.39 is 9.71 Å². The summed E-state index contributed by atoms with van der Waals surface area (Å²) in [5, 5.41) is 0. The van der Waals surface area contributed by atoms with Gasteiger partial charge in [-0.2, -0.15) is 0 Å². The molecule has 1 aromatic carbocycles. The van der Waals surface area contributed by atoms with Gasteiger partial charge in [0.1, 0.15) is 0 Å². The van der Waals surface area contributed by atoms with Crippen molar-refractivity contribution in [1.29, 1.82) is 0 Å². The first-order valence-corrected chi connectivity index (χ1v) is 9.42. The molecule has 1 aliphatic rings. The zero-order valence-corrected chi connectivity index (χ0v) is 13.9. The van der Waals surface area contributed by atoms with E-state index in [1.54, 1.807) is 6.26 Å². The van der Waals surface area contributed by atoms with Crippen molar-refractivity contribution >= 4 is 15.6 Å². The van der Waals surface area contributed by atoms with Gasteiger partial charge in [-0.15, -0.1) is 0 Å². The van der Waals surface area contributed by atoms with Gasteiger partial charge in [0.05, 0.1) is 0 Å². The molecule has 1 aromatic rings. The lowest BCUT2D eigenvalue weighted by atomic mass is 9.72. The molecule has 0 N–H and O–H groups in total. The minimum atomic E-state index is -2.17.